The molecule has 7 rings (SSSR count). The van der Waals surface area contributed by atoms with Crippen molar-refractivity contribution in [3.05, 3.63) is 41.5 Å². The summed E-state index contributed by atoms with van der Waals surface area (Å²) in [5.74, 6) is 1.30. The summed E-state index contributed by atoms with van der Waals surface area (Å²) < 4.78 is 49.6. The van der Waals surface area contributed by atoms with E-state index in [-0.39, 0.29) is 56.2 Å². The molecule has 2 atom stereocenters. The molecule has 2 aromatic heterocycles. The van der Waals surface area contributed by atoms with E-state index in [1.54, 1.807) is 0 Å². The molecule has 2 aliphatic heterocycles. The van der Waals surface area contributed by atoms with Crippen molar-refractivity contribution in [1.29, 1.82) is 0 Å². The van der Waals surface area contributed by atoms with Gasteiger partial charge in [-0.25, -0.2) is 13.8 Å². The largest absolute Gasteiger partial charge is 0.508 e. The van der Waals surface area contributed by atoms with Crippen molar-refractivity contribution in [2.45, 2.75) is 44.6 Å². The number of piperidine rings is 1. The van der Waals surface area contributed by atoms with Crippen molar-refractivity contribution in [2.75, 3.05) is 51.5 Å². The van der Waals surface area contributed by atoms with Crippen LogP contribution in [0.4, 0.5) is 14.6 Å². The molecular weight excluding hydrogens is 580 g/mol. The molecular formula is C34H35F2N5O4. The topological polar surface area (TPSA) is 102 Å². The number of aromatic hydroxyl groups is 1. The highest BCUT2D eigenvalue weighted by Gasteiger charge is 2.45. The van der Waals surface area contributed by atoms with Crippen LogP contribution in [0.25, 0.3) is 32.9 Å². The van der Waals surface area contributed by atoms with Gasteiger partial charge in [-0.15, -0.1) is 6.42 Å². The highest BCUT2D eigenvalue weighted by Crippen LogP contribution is 2.45. The van der Waals surface area contributed by atoms with E-state index in [2.05, 4.69) is 21.2 Å². The summed E-state index contributed by atoms with van der Waals surface area (Å²) in [5, 5.41) is 15.2. The zero-order valence-corrected chi connectivity index (χ0v) is 25.2. The van der Waals surface area contributed by atoms with Gasteiger partial charge in [-0.1, -0.05) is 18.4 Å². The molecule has 0 radical (unpaired) electrons. The standard InChI is InChI=1S/C34H35F2N5O4/c1-3-22-24(35)9-8-20-17-21(42)18-23(26(20)22)29-28(36)30-27(32(38-29)43-2)31(41-13-6-15-44-16-14-41)40-33(39-30)45-19-34-10-4-7-25(34)37-12-5-11-34/h1,8-9,17-18,25,37,42H,4-7,10-16,19H2,2H3. The number of hydrogen-bond acceptors (Lipinski definition) is 9. The Morgan fingerprint density at radius 2 is 1.98 bits per heavy atom. The van der Waals surface area contributed by atoms with Crippen molar-refractivity contribution in [1.82, 2.24) is 20.3 Å². The number of anilines is 1. The van der Waals surface area contributed by atoms with Gasteiger partial charge in [-0.3, -0.25) is 0 Å². The minimum atomic E-state index is -0.791. The number of nitrogens with one attached hydrogen (secondary N) is 1. The van der Waals surface area contributed by atoms with Gasteiger partial charge >= 0.3 is 6.01 Å². The second-order valence-corrected chi connectivity index (χ2v) is 12.1. The van der Waals surface area contributed by atoms with Crippen molar-refractivity contribution in [2.24, 2.45) is 5.41 Å². The predicted molar refractivity (Wildman–Crippen MR) is 167 cm³/mol. The molecule has 0 bridgehead atoms. The zero-order valence-electron chi connectivity index (χ0n) is 25.2. The third-order valence-corrected chi connectivity index (χ3v) is 9.52. The Morgan fingerprint density at radius 1 is 1.11 bits per heavy atom. The molecule has 4 heterocycles. The number of benzene rings is 2. The van der Waals surface area contributed by atoms with E-state index in [0.29, 0.717) is 50.2 Å². The third-order valence-electron chi connectivity index (χ3n) is 9.52. The fourth-order valence-electron chi connectivity index (χ4n) is 7.36. The van der Waals surface area contributed by atoms with E-state index in [1.807, 2.05) is 4.90 Å². The fourth-order valence-corrected chi connectivity index (χ4v) is 7.36. The summed E-state index contributed by atoms with van der Waals surface area (Å²) in [6.45, 7) is 3.63. The number of ether oxygens (including phenoxy) is 3. The van der Waals surface area contributed by atoms with E-state index < -0.39 is 11.6 Å². The number of phenolic OH excluding ortho intramolecular Hbond substituents is 1. The van der Waals surface area contributed by atoms with Crippen molar-refractivity contribution in [3.63, 3.8) is 0 Å². The smallest absolute Gasteiger partial charge is 0.319 e. The number of rotatable bonds is 6. The SMILES string of the molecule is C#Cc1c(F)ccc2cc(O)cc(-c3nc(OC)c4c(N5CCCOCC5)nc(OCC56CCCNC5CCC6)nc4c3F)c12. The monoisotopic (exact) mass is 615 g/mol. The number of pyridine rings is 1. The maximum absolute atomic E-state index is 16.9. The number of hydrogen-bond donors (Lipinski definition) is 2. The van der Waals surface area contributed by atoms with E-state index in [1.165, 1.54) is 31.4 Å². The van der Waals surface area contributed by atoms with E-state index >= 15 is 4.39 Å². The molecule has 0 amide bonds. The van der Waals surface area contributed by atoms with Gasteiger partial charge in [-0.05, 0) is 62.2 Å². The Hall–Kier alpha value is -4.27. The highest BCUT2D eigenvalue weighted by atomic mass is 19.1. The van der Waals surface area contributed by atoms with Gasteiger partial charge in [0.15, 0.2) is 5.82 Å². The van der Waals surface area contributed by atoms with Crippen LogP contribution in [0.1, 0.15) is 44.1 Å². The van der Waals surface area contributed by atoms with Crippen LogP contribution >= 0.6 is 0 Å². The second-order valence-electron chi connectivity index (χ2n) is 12.1. The quantitative estimate of drug-likeness (QED) is 0.278. The molecule has 2 aromatic carbocycles. The van der Waals surface area contributed by atoms with Gasteiger partial charge in [0.25, 0.3) is 0 Å². The van der Waals surface area contributed by atoms with Crippen LogP contribution in [0.5, 0.6) is 17.6 Å². The molecule has 234 valence electrons. The molecule has 45 heavy (non-hydrogen) atoms. The van der Waals surface area contributed by atoms with Gasteiger partial charge in [0.05, 0.1) is 25.9 Å². The molecule has 2 saturated heterocycles. The number of methoxy groups -OCH3 is 1. The van der Waals surface area contributed by atoms with Crippen LogP contribution in [0, 0.1) is 29.4 Å². The lowest BCUT2D eigenvalue weighted by atomic mass is 9.76. The molecule has 11 heteroatoms. The molecule has 2 N–H and O–H groups in total. The molecule has 1 saturated carbocycles. The lowest BCUT2D eigenvalue weighted by molar-refractivity contribution is 0.0798. The maximum atomic E-state index is 16.9. The normalized spacial score (nSPS) is 21.8. The van der Waals surface area contributed by atoms with Crippen LogP contribution in [-0.4, -0.2) is 72.7 Å². The molecule has 3 aliphatic rings. The minimum absolute atomic E-state index is 0.0248. The van der Waals surface area contributed by atoms with Gasteiger partial charge in [0.2, 0.25) is 5.88 Å². The van der Waals surface area contributed by atoms with Crippen LogP contribution < -0.4 is 19.7 Å². The number of terminal acetylenes is 1. The average molecular weight is 616 g/mol. The summed E-state index contributed by atoms with van der Waals surface area (Å²) in [6.07, 6.45) is 11.8. The first kappa shape index (κ1) is 29.4. The van der Waals surface area contributed by atoms with Crippen LogP contribution in [0.2, 0.25) is 0 Å². The van der Waals surface area contributed by atoms with Gasteiger partial charge in [0, 0.05) is 42.1 Å². The molecule has 4 aromatic rings. The van der Waals surface area contributed by atoms with Crippen LogP contribution in [0.3, 0.4) is 0 Å². The number of nitrogens with zero attached hydrogens (tertiary/aromatic N) is 4. The van der Waals surface area contributed by atoms with Crippen molar-refractivity contribution >= 4 is 27.5 Å². The second kappa shape index (κ2) is 11.9. The molecule has 2 unspecified atom stereocenters. The Morgan fingerprint density at radius 3 is 2.82 bits per heavy atom. The minimum Gasteiger partial charge on any atom is -0.508 e. The number of halogens is 2. The number of fused-ring (bicyclic) bond motifs is 3. The molecule has 0 spiro atoms. The third kappa shape index (κ3) is 5.16. The summed E-state index contributed by atoms with van der Waals surface area (Å²) in [6, 6.07) is 5.89. The van der Waals surface area contributed by atoms with Crippen molar-refractivity contribution < 1.29 is 28.1 Å². The van der Waals surface area contributed by atoms with Gasteiger partial charge in [-0.2, -0.15) is 9.97 Å². The first-order chi connectivity index (χ1) is 21.9. The van der Waals surface area contributed by atoms with Crippen LogP contribution in [-0.2, 0) is 4.74 Å². The summed E-state index contributed by atoms with van der Waals surface area (Å²) in [7, 11) is 1.44. The fraction of sp³-hybridized carbons (Fsp3) is 0.441. The number of phenols is 1. The number of aromatic nitrogens is 3. The first-order valence-electron chi connectivity index (χ1n) is 15.5. The Kier molecular flexibility index (Phi) is 7.79. The Bertz CT molecular complexity index is 1820. The molecule has 9 nitrogen and oxygen atoms in total. The van der Waals surface area contributed by atoms with Crippen LogP contribution in [0.15, 0.2) is 24.3 Å². The zero-order chi connectivity index (χ0) is 31.1. The lowest BCUT2D eigenvalue weighted by Gasteiger charge is -2.39. The van der Waals surface area contributed by atoms with E-state index in [9.17, 15) is 9.50 Å². The predicted octanol–water partition coefficient (Wildman–Crippen LogP) is 5.35. The summed E-state index contributed by atoms with van der Waals surface area (Å²) in [5.41, 5.74) is -0.223. The van der Waals surface area contributed by atoms with E-state index in [0.717, 1.165) is 45.1 Å². The van der Waals surface area contributed by atoms with Crippen molar-refractivity contribution in [3.8, 4) is 41.2 Å². The van der Waals surface area contributed by atoms with Gasteiger partial charge < -0.3 is 29.5 Å². The maximum Gasteiger partial charge on any atom is 0.319 e. The Balaban J connectivity index is 1.43. The highest BCUT2D eigenvalue weighted by molar-refractivity contribution is 6.04. The molecule has 1 aliphatic carbocycles. The summed E-state index contributed by atoms with van der Waals surface area (Å²) in [4.78, 5) is 16.0. The summed E-state index contributed by atoms with van der Waals surface area (Å²) >= 11 is 0. The molecule has 3 fully saturated rings. The van der Waals surface area contributed by atoms with E-state index in [4.69, 9.17) is 25.6 Å². The average Bonchev–Trinajstić information content (AvgIpc) is 3.29. The van der Waals surface area contributed by atoms with Gasteiger partial charge in [0.1, 0.15) is 34.0 Å². The first-order valence-corrected chi connectivity index (χ1v) is 15.5. The lowest BCUT2D eigenvalue weighted by Crippen LogP contribution is -2.49. The Labute approximate surface area is 259 Å².